The van der Waals surface area contributed by atoms with Crippen LogP contribution < -0.4 is 20.3 Å². The van der Waals surface area contributed by atoms with Gasteiger partial charge in [-0.05, 0) is 57.2 Å². The predicted octanol–water partition coefficient (Wildman–Crippen LogP) is 5.04. The van der Waals surface area contributed by atoms with E-state index < -0.39 is 0 Å². The molecule has 2 heterocycles. The number of hydrogen-bond donors (Lipinski definition) is 3. The SMILES string of the molecule is CC(C)NC(=O)O[C@@H]1CC[C@H](c2cc(NC(=O)C3CCN(c4cccc(OCc5ccccc5)c4C=O)C3)n[nH]2)C1. The number of aldehydes is 1. The van der Waals surface area contributed by atoms with Gasteiger partial charge < -0.3 is 25.0 Å². The third-order valence-electron chi connectivity index (χ3n) is 7.65. The number of rotatable bonds is 10. The summed E-state index contributed by atoms with van der Waals surface area (Å²) in [7, 11) is 0. The van der Waals surface area contributed by atoms with Crippen LogP contribution in [0.2, 0.25) is 0 Å². The minimum Gasteiger partial charge on any atom is -0.488 e. The highest BCUT2D eigenvalue weighted by atomic mass is 16.6. The highest BCUT2D eigenvalue weighted by Crippen LogP contribution is 2.36. The molecule has 3 atom stereocenters. The Bertz CT molecular complexity index is 1360. The third kappa shape index (κ3) is 7.06. The predicted molar refractivity (Wildman–Crippen MR) is 155 cm³/mol. The van der Waals surface area contributed by atoms with E-state index in [9.17, 15) is 14.4 Å². The van der Waals surface area contributed by atoms with Gasteiger partial charge in [0.05, 0.1) is 17.2 Å². The van der Waals surface area contributed by atoms with E-state index >= 15 is 0 Å². The van der Waals surface area contributed by atoms with Crippen molar-refractivity contribution in [3.05, 3.63) is 71.4 Å². The van der Waals surface area contributed by atoms with Crippen LogP contribution in [0.3, 0.4) is 0 Å². The van der Waals surface area contributed by atoms with Gasteiger partial charge in [-0.2, -0.15) is 5.10 Å². The Morgan fingerprint density at radius 2 is 1.95 bits per heavy atom. The van der Waals surface area contributed by atoms with Crippen LogP contribution in [0.1, 0.15) is 67.1 Å². The lowest BCUT2D eigenvalue weighted by atomic mass is 10.0. The number of nitrogens with one attached hydrogen (secondary N) is 3. The fourth-order valence-electron chi connectivity index (χ4n) is 5.57. The number of carbonyl (C=O) groups is 3. The number of nitrogens with zero attached hydrogens (tertiary/aromatic N) is 2. The zero-order valence-corrected chi connectivity index (χ0v) is 23.5. The second-order valence-corrected chi connectivity index (χ2v) is 11.0. The van der Waals surface area contributed by atoms with Gasteiger partial charge in [-0.15, -0.1) is 0 Å². The topological polar surface area (TPSA) is 126 Å². The van der Waals surface area contributed by atoms with E-state index in [4.69, 9.17) is 9.47 Å². The highest BCUT2D eigenvalue weighted by molar-refractivity contribution is 5.93. The minimum atomic E-state index is -0.388. The first kappa shape index (κ1) is 28.2. The lowest BCUT2D eigenvalue weighted by molar-refractivity contribution is -0.119. The molecule has 1 aromatic heterocycles. The number of ether oxygens (including phenoxy) is 2. The Morgan fingerprint density at radius 3 is 2.73 bits per heavy atom. The Morgan fingerprint density at radius 1 is 1.12 bits per heavy atom. The standard InChI is InChI=1S/C31H37N5O5/c1-20(2)32-31(39)41-24-12-11-22(15-24)26-16-29(35-34-26)33-30(38)23-13-14-36(17-23)27-9-6-10-28(25(27)18-37)40-19-21-7-4-3-5-8-21/h3-10,16,18,20,22-24H,11-15,17,19H2,1-2H3,(H,32,39)(H2,33,34,35,38)/t22-,23?,24+/m0/s1. The van der Waals surface area contributed by atoms with Crippen molar-refractivity contribution >= 4 is 29.8 Å². The van der Waals surface area contributed by atoms with Gasteiger partial charge in [0, 0.05) is 36.8 Å². The van der Waals surface area contributed by atoms with E-state index in [0.29, 0.717) is 49.7 Å². The highest BCUT2D eigenvalue weighted by Gasteiger charge is 2.32. The smallest absolute Gasteiger partial charge is 0.407 e. The summed E-state index contributed by atoms with van der Waals surface area (Å²) in [5.41, 5.74) is 3.20. The van der Waals surface area contributed by atoms with E-state index in [1.807, 2.05) is 62.4 Å². The first-order chi connectivity index (χ1) is 19.9. The average molecular weight is 560 g/mol. The van der Waals surface area contributed by atoms with Crippen LogP contribution in [0.4, 0.5) is 16.3 Å². The second kappa shape index (κ2) is 12.9. The van der Waals surface area contributed by atoms with Crippen LogP contribution in [0.25, 0.3) is 0 Å². The number of carbonyl (C=O) groups excluding carboxylic acids is 3. The molecule has 5 rings (SSSR count). The quantitative estimate of drug-likeness (QED) is 0.297. The molecule has 10 nitrogen and oxygen atoms in total. The lowest BCUT2D eigenvalue weighted by Gasteiger charge is -2.22. The average Bonchev–Trinajstić information content (AvgIpc) is 3.73. The van der Waals surface area contributed by atoms with E-state index in [0.717, 1.165) is 36.1 Å². The largest absolute Gasteiger partial charge is 0.488 e. The minimum absolute atomic E-state index is 0.0293. The normalized spacial score (nSPS) is 20.2. The number of aromatic amines is 1. The number of anilines is 2. The summed E-state index contributed by atoms with van der Waals surface area (Å²) in [5.74, 6) is 0.846. The summed E-state index contributed by atoms with van der Waals surface area (Å²) in [4.78, 5) is 39.2. The van der Waals surface area contributed by atoms with Crippen molar-refractivity contribution in [2.75, 3.05) is 23.3 Å². The maximum Gasteiger partial charge on any atom is 0.407 e. The lowest BCUT2D eigenvalue weighted by Crippen LogP contribution is -2.33. The van der Waals surface area contributed by atoms with Crippen molar-refractivity contribution in [2.24, 2.45) is 5.92 Å². The van der Waals surface area contributed by atoms with Gasteiger partial charge in [-0.25, -0.2) is 4.79 Å². The van der Waals surface area contributed by atoms with Crippen molar-refractivity contribution in [3.8, 4) is 5.75 Å². The van der Waals surface area contributed by atoms with Gasteiger partial charge in [0.1, 0.15) is 18.5 Å². The van der Waals surface area contributed by atoms with Crippen LogP contribution in [0, 0.1) is 5.92 Å². The maximum absolute atomic E-state index is 13.1. The Kier molecular flexibility index (Phi) is 8.86. The molecule has 1 saturated carbocycles. The molecule has 1 unspecified atom stereocenters. The van der Waals surface area contributed by atoms with Gasteiger partial charge >= 0.3 is 6.09 Å². The molecule has 41 heavy (non-hydrogen) atoms. The van der Waals surface area contributed by atoms with Gasteiger partial charge in [0.2, 0.25) is 5.91 Å². The van der Waals surface area contributed by atoms with E-state index in [2.05, 4.69) is 25.7 Å². The molecule has 1 aliphatic heterocycles. The molecule has 3 N–H and O–H groups in total. The number of hydrogen-bond acceptors (Lipinski definition) is 7. The monoisotopic (exact) mass is 559 g/mol. The zero-order valence-electron chi connectivity index (χ0n) is 23.5. The summed E-state index contributed by atoms with van der Waals surface area (Å²) in [6, 6.07) is 17.3. The van der Waals surface area contributed by atoms with E-state index in [1.165, 1.54) is 0 Å². The van der Waals surface area contributed by atoms with Gasteiger partial charge in [-0.3, -0.25) is 14.7 Å². The zero-order chi connectivity index (χ0) is 28.8. The first-order valence-electron chi connectivity index (χ1n) is 14.2. The summed E-state index contributed by atoms with van der Waals surface area (Å²) in [5, 5.41) is 13.1. The van der Waals surface area contributed by atoms with Crippen molar-refractivity contribution in [3.63, 3.8) is 0 Å². The molecule has 216 valence electrons. The molecule has 1 saturated heterocycles. The van der Waals surface area contributed by atoms with Crippen LogP contribution in [0.5, 0.6) is 5.75 Å². The van der Waals surface area contributed by atoms with Crippen LogP contribution >= 0.6 is 0 Å². The summed E-state index contributed by atoms with van der Waals surface area (Å²) in [6.45, 7) is 5.30. The molecule has 0 radical (unpaired) electrons. The van der Waals surface area contributed by atoms with Gasteiger partial charge in [0.15, 0.2) is 12.1 Å². The van der Waals surface area contributed by atoms with Crippen LogP contribution in [-0.4, -0.2) is 53.7 Å². The van der Waals surface area contributed by atoms with Gasteiger partial charge in [-0.1, -0.05) is 36.4 Å². The van der Waals surface area contributed by atoms with Crippen molar-refractivity contribution in [2.45, 2.75) is 64.2 Å². The van der Waals surface area contributed by atoms with E-state index in [-0.39, 0.29) is 36.0 Å². The van der Waals surface area contributed by atoms with Crippen molar-refractivity contribution in [1.82, 2.24) is 15.5 Å². The Hall–Kier alpha value is -4.34. The summed E-state index contributed by atoms with van der Waals surface area (Å²) < 4.78 is 11.5. The molecule has 0 bridgehead atoms. The molecule has 2 fully saturated rings. The fourth-order valence-corrected chi connectivity index (χ4v) is 5.57. The van der Waals surface area contributed by atoms with Crippen molar-refractivity contribution < 1.29 is 23.9 Å². The third-order valence-corrected chi connectivity index (χ3v) is 7.65. The molecular formula is C31H37N5O5. The number of amides is 2. The number of aromatic nitrogens is 2. The maximum atomic E-state index is 13.1. The fraction of sp³-hybridized carbons (Fsp3) is 0.419. The van der Waals surface area contributed by atoms with E-state index in [1.54, 1.807) is 6.07 Å². The number of H-pyrrole nitrogens is 1. The van der Waals surface area contributed by atoms with Gasteiger partial charge in [0.25, 0.3) is 0 Å². The molecule has 1 aliphatic carbocycles. The molecule has 10 heteroatoms. The molecule has 3 aromatic rings. The number of benzene rings is 2. The summed E-state index contributed by atoms with van der Waals surface area (Å²) in [6.07, 6.45) is 3.34. The first-order valence-corrected chi connectivity index (χ1v) is 14.2. The molecular weight excluding hydrogens is 522 g/mol. The molecule has 2 amide bonds. The van der Waals surface area contributed by atoms with Crippen LogP contribution in [0.15, 0.2) is 54.6 Å². The Balaban J connectivity index is 1.15. The second-order valence-electron chi connectivity index (χ2n) is 11.0. The number of alkyl carbamates (subject to hydrolysis) is 1. The van der Waals surface area contributed by atoms with Crippen LogP contribution in [-0.2, 0) is 16.1 Å². The Labute approximate surface area is 239 Å². The molecule has 2 aliphatic rings. The van der Waals surface area contributed by atoms with Crippen molar-refractivity contribution in [1.29, 1.82) is 0 Å². The molecule has 0 spiro atoms. The summed E-state index contributed by atoms with van der Waals surface area (Å²) >= 11 is 0. The molecule has 2 aromatic carbocycles.